The summed E-state index contributed by atoms with van der Waals surface area (Å²) in [5, 5.41) is -2.84. The van der Waals surface area contributed by atoms with Gasteiger partial charge in [-0.2, -0.15) is 0 Å². The first-order valence-electron chi connectivity index (χ1n) is 14.9. The highest BCUT2D eigenvalue weighted by molar-refractivity contribution is 6.43. The lowest BCUT2D eigenvalue weighted by atomic mass is 10.1. The van der Waals surface area contributed by atoms with Gasteiger partial charge in [0.2, 0.25) is 0 Å². The lowest BCUT2D eigenvalue weighted by Gasteiger charge is -2.30. The molecule has 1 heterocycles. The molecule has 3 nitrogen and oxygen atoms in total. The molecule has 1 aliphatic rings. The van der Waals surface area contributed by atoms with Crippen molar-refractivity contribution in [1.82, 2.24) is 10.2 Å². The number of carbonyl (C=O) groups is 1. The van der Waals surface area contributed by atoms with E-state index in [9.17, 15) is 4.79 Å². The summed E-state index contributed by atoms with van der Waals surface area (Å²) in [5.41, 5.74) is -1.45. The van der Waals surface area contributed by atoms with Crippen LogP contribution in [0, 0.1) is 5.89 Å². The molecule has 1 aromatic carbocycles. The van der Waals surface area contributed by atoms with Gasteiger partial charge in [0.15, 0.2) is 0 Å². The predicted octanol–water partition coefficient (Wildman–Crippen LogP) is 3.45. The number of halogens is 2. The first-order chi connectivity index (χ1) is 17.4. The molecule has 0 saturated carbocycles. The molecular formula is C15H20Cl2N2O. The number of nitrogens with zero attached hydrogens (tertiary/aromatic N) is 1. The molecule has 0 aromatic heterocycles. The van der Waals surface area contributed by atoms with Crippen LogP contribution < -0.4 is 5.31 Å². The quantitative estimate of drug-likeness (QED) is 0.914. The lowest BCUT2D eigenvalue weighted by molar-refractivity contribution is 0.0667. The van der Waals surface area contributed by atoms with Gasteiger partial charge < -0.3 is 10.2 Å². The summed E-state index contributed by atoms with van der Waals surface area (Å²) >= 11 is 11.8. The SMILES string of the molecule is [2H]c1c([2H])c(Cl)c(Cl)c(C(=O)N(C([2H])([2H])C([2H])(C([2H])([2H])[2H])C([2H])([2H])[2H])C2([2H])C([2H])([2H])N([2H])C([2H])([2H])C2([2H])[2H])c1[2H]. The van der Waals surface area contributed by atoms with Gasteiger partial charge in [0.25, 0.3) is 5.91 Å². The number of carbonyl (C=O) groups excluding carboxylic acids is 1. The van der Waals surface area contributed by atoms with Crippen molar-refractivity contribution in [3.63, 3.8) is 0 Å². The second-order valence-electron chi connectivity index (χ2n) is 3.31. The first-order valence-corrected chi connectivity index (χ1v) is 5.71. The van der Waals surface area contributed by atoms with E-state index in [1.807, 2.05) is 0 Å². The molecule has 1 amide bonds. The Labute approximate surface area is 158 Å². The molecule has 0 bridgehead atoms. The van der Waals surface area contributed by atoms with Gasteiger partial charge >= 0.3 is 0 Å². The third-order valence-corrected chi connectivity index (χ3v) is 2.79. The van der Waals surface area contributed by atoms with Gasteiger partial charge in [-0.1, -0.05) is 42.9 Å². The van der Waals surface area contributed by atoms with E-state index in [1.165, 1.54) is 0 Å². The number of amides is 1. The Hall–Kier alpha value is -0.770. The van der Waals surface area contributed by atoms with Crippen molar-refractivity contribution in [3.05, 3.63) is 33.7 Å². The van der Waals surface area contributed by atoms with E-state index in [4.69, 9.17) is 50.7 Å². The zero-order chi connectivity index (χ0) is 32.2. The number of nitrogens with one attached hydrogen (secondary N) is 1. The van der Waals surface area contributed by atoms with Crippen molar-refractivity contribution in [2.24, 2.45) is 5.89 Å². The van der Waals surface area contributed by atoms with Crippen LogP contribution in [0.4, 0.5) is 0 Å². The maximum atomic E-state index is 14.0. The minimum absolute atomic E-state index is 0.793. The second-order valence-corrected chi connectivity index (χ2v) is 4.07. The van der Waals surface area contributed by atoms with Crippen LogP contribution in [0.25, 0.3) is 0 Å². The molecule has 0 aliphatic carbocycles. The molecule has 5 heteroatoms. The van der Waals surface area contributed by atoms with Crippen molar-refractivity contribution in [1.29, 1.82) is 0 Å². The maximum absolute atomic E-state index is 14.0. The summed E-state index contributed by atoms with van der Waals surface area (Å²) in [6, 6.07) is -7.89. The smallest absolute Gasteiger partial charge is 0.255 e. The fourth-order valence-electron chi connectivity index (χ4n) is 1.24. The van der Waals surface area contributed by atoms with E-state index in [-0.39, 0.29) is 0 Å². The second kappa shape index (κ2) is 6.79. The summed E-state index contributed by atoms with van der Waals surface area (Å²) < 4.78 is 161. The zero-order valence-electron chi connectivity index (χ0n) is 29.6. The van der Waals surface area contributed by atoms with Crippen LogP contribution >= 0.6 is 23.2 Å². The molecule has 1 unspecified atom stereocenters. The standard InChI is InChI=1S/C15H20Cl2N2O/c1-10(2)9-19(11-6-7-18-8-11)15(20)12-4-3-5-13(16)14(12)17/h3-5,10-11,18H,6-9H2,1-2H3/i1D3,2D3,3D,4D,5D,6D2,7D2,8D2,9D2,10D,11D/hD. The van der Waals surface area contributed by atoms with Crippen LogP contribution in [-0.4, -0.2) is 36.3 Å². The Kier molecular flexibility index (Phi) is 1.34. The van der Waals surface area contributed by atoms with Gasteiger partial charge in [0.05, 0.1) is 21.1 Å². The van der Waals surface area contributed by atoms with Crippen molar-refractivity contribution in [2.75, 3.05) is 19.5 Å². The average molecular weight is 335 g/mol. The predicted molar refractivity (Wildman–Crippen MR) is 83.6 cm³/mol. The molecule has 0 radical (unpaired) electrons. The largest absolute Gasteiger partial charge is 0.334 e. The minimum Gasteiger partial charge on any atom is -0.334 e. The fraction of sp³-hybridized carbons (Fsp3) is 0.533. The molecule has 0 spiro atoms. The zero-order valence-corrected chi connectivity index (χ0v) is 11.1. The number of hydrogen-bond donors (Lipinski definition) is 1. The van der Waals surface area contributed by atoms with Crippen LogP contribution in [0.2, 0.25) is 11.5 Å². The lowest BCUT2D eigenvalue weighted by Crippen LogP contribution is -2.43. The molecule has 20 heavy (non-hydrogen) atoms. The van der Waals surface area contributed by atoms with E-state index in [0.717, 1.165) is 0 Å². The summed E-state index contributed by atoms with van der Waals surface area (Å²) in [7, 11) is 0. The van der Waals surface area contributed by atoms with Gasteiger partial charge in [-0.25, -0.2) is 0 Å². The number of rotatable bonds is 4. The van der Waals surface area contributed by atoms with Crippen molar-refractivity contribution in [3.8, 4) is 0 Å². The molecule has 1 atom stereocenters. The Morgan fingerprint density at radius 1 is 1.85 bits per heavy atom. The molecule has 1 fully saturated rings. The van der Waals surface area contributed by atoms with Crippen LogP contribution in [0.5, 0.6) is 0 Å². The van der Waals surface area contributed by atoms with Crippen LogP contribution in [0.15, 0.2) is 18.1 Å². The minimum atomic E-state index is -4.69. The monoisotopic (exact) mass is 334 g/mol. The van der Waals surface area contributed by atoms with Crippen molar-refractivity contribution in [2.45, 2.75) is 26.1 Å². The van der Waals surface area contributed by atoms with Crippen molar-refractivity contribution < 1.29 is 32.3 Å². The highest BCUT2D eigenvalue weighted by Crippen LogP contribution is 2.27. The van der Waals surface area contributed by atoms with E-state index in [2.05, 4.69) is 0 Å². The van der Waals surface area contributed by atoms with E-state index in [0.29, 0.717) is 0 Å². The molecule has 110 valence electrons. The normalized spacial score (nSPS) is 47.9. The molecule has 2 rings (SSSR count). The fourth-order valence-corrected chi connectivity index (χ4v) is 1.56. The summed E-state index contributed by atoms with van der Waals surface area (Å²) in [6.45, 7) is -21.2. The Balaban J connectivity index is 3.27. The van der Waals surface area contributed by atoms with E-state index >= 15 is 0 Å². The maximum Gasteiger partial charge on any atom is 0.255 e. The highest BCUT2D eigenvalue weighted by atomic mass is 35.5. The first kappa shape index (κ1) is 3.95. The number of benzene rings is 1. The highest BCUT2D eigenvalue weighted by Gasteiger charge is 2.29. The van der Waals surface area contributed by atoms with Gasteiger partial charge in [-0.3, -0.25) is 4.79 Å². The van der Waals surface area contributed by atoms with Gasteiger partial charge in [-0.05, 0) is 30.8 Å². The third kappa shape index (κ3) is 3.46. The molecule has 1 aromatic rings. The van der Waals surface area contributed by atoms with Crippen molar-refractivity contribution >= 4 is 29.1 Å². The van der Waals surface area contributed by atoms with Gasteiger partial charge in [-0.15, -0.1) is 0 Å². The average Bonchev–Trinajstić information content (AvgIpc) is 2.84. The molecule has 1 saturated heterocycles. The topological polar surface area (TPSA) is 32.3 Å². The Morgan fingerprint density at radius 2 is 2.65 bits per heavy atom. The Bertz CT molecular complexity index is 1180. The summed E-state index contributed by atoms with van der Waals surface area (Å²) in [4.78, 5) is 13.0. The molecule has 1 aliphatic heterocycles. The van der Waals surface area contributed by atoms with E-state index < -0.39 is 101 Å². The summed E-state index contributed by atoms with van der Waals surface area (Å²) in [5.74, 6) is -6.88. The van der Waals surface area contributed by atoms with E-state index in [1.54, 1.807) is 0 Å². The third-order valence-electron chi connectivity index (χ3n) is 2.03. The summed E-state index contributed by atoms with van der Waals surface area (Å²) in [6.07, 6.45) is -4.21. The molecule has 1 N–H and O–H groups in total. The Morgan fingerprint density at radius 3 is 3.30 bits per heavy atom. The van der Waals surface area contributed by atoms with Gasteiger partial charge in [0, 0.05) is 39.6 Å². The van der Waals surface area contributed by atoms with Crippen LogP contribution in [0.3, 0.4) is 0 Å². The van der Waals surface area contributed by atoms with Gasteiger partial charge in [0.1, 0.15) is 1.41 Å². The number of hydrogen-bond acceptors (Lipinski definition) is 2. The van der Waals surface area contributed by atoms with Crippen LogP contribution in [0.1, 0.15) is 56.5 Å². The van der Waals surface area contributed by atoms with Crippen LogP contribution in [-0.2, 0) is 0 Å². The molecular weight excluding hydrogens is 295 g/mol.